The number of ether oxygens (including phenoxy) is 2. The number of carbonyl (C=O) groups is 1. The van der Waals surface area contributed by atoms with Crippen LogP contribution in [0.4, 0.5) is 0 Å². The first-order valence-corrected chi connectivity index (χ1v) is 10.9. The molecule has 158 valence electrons. The molecule has 4 rings (SSSR count). The van der Waals surface area contributed by atoms with Crippen molar-refractivity contribution < 1.29 is 19.4 Å². The number of aliphatic imine (C=N–C) groups is 1. The topological polar surface area (TPSA) is 71.4 Å². The lowest BCUT2D eigenvalue weighted by Gasteiger charge is -2.45. The number of carbonyl (C=O) groups excluding carboxylic acids is 1. The average molecular weight is 401 g/mol. The van der Waals surface area contributed by atoms with Crippen LogP contribution in [0.1, 0.15) is 54.9 Å². The van der Waals surface area contributed by atoms with Gasteiger partial charge < -0.3 is 14.6 Å². The van der Waals surface area contributed by atoms with E-state index in [0.29, 0.717) is 36.2 Å². The van der Waals surface area contributed by atoms with Gasteiger partial charge in [-0.3, -0.25) is 4.90 Å². The number of hydrogen-bond acceptors (Lipinski definition) is 6. The predicted octanol–water partition coefficient (Wildman–Crippen LogP) is 2.88. The lowest BCUT2D eigenvalue weighted by molar-refractivity contribution is 0.00537. The van der Waals surface area contributed by atoms with E-state index in [1.165, 1.54) is 39.2 Å². The SMILES string of the molecule is COC(=O)c1ccccc1C1=NC(C(O)CN2CC3CCCCC3C[C@H]2C)CO1. The summed E-state index contributed by atoms with van der Waals surface area (Å²) in [5.74, 6) is 1.63. The van der Waals surface area contributed by atoms with Crippen molar-refractivity contribution in [3.05, 3.63) is 35.4 Å². The van der Waals surface area contributed by atoms with Crippen molar-refractivity contribution in [2.45, 2.75) is 57.2 Å². The molecule has 0 bridgehead atoms. The summed E-state index contributed by atoms with van der Waals surface area (Å²) < 4.78 is 10.6. The number of nitrogens with zero attached hydrogens (tertiary/aromatic N) is 2. The number of β-amino-alcohol motifs (C(OH)–C–C–N with tert-alkyl or cyclic N) is 1. The van der Waals surface area contributed by atoms with Crippen LogP contribution >= 0.6 is 0 Å². The van der Waals surface area contributed by atoms with E-state index >= 15 is 0 Å². The maximum absolute atomic E-state index is 12.0. The standard InChI is InChI=1S/C23H32N2O4/c1-15-11-16-7-3-4-8-17(16)12-25(15)13-21(26)20-14-29-22(24-20)18-9-5-6-10-19(18)23(27)28-2/h5-6,9-10,15-17,20-21,26H,3-4,7-8,11-14H2,1-2H3/t15-,16?,17?,20?,21?/m1/s1. The maximum Gasteiger partial charge on any atom is 0.338 e. The number of esters is 1. The summed E-state index contributed by atoms with van der Waals surface area (Å²) >= 11 is 0. The van der Waals surface area contributed by atoms with E-state index in [-0.39, 0.29) is 6.04 Å². The highest BCUT2D eigenvalue weighted by Gasteiger charge is 2.37. The first kappa shape index (κ1) is 20.4. The molecule has 1 aromatic rings. The van der Waals surface area contributed by atoms with Crippen LogP contribution in [0.25, 0.3) is 0 Å². The smallest absolute Gasteiger partial charge is 0.338 e. The molecule has 1 saturated heterocycles. The molecule has 5 atom stereocenters. The Labute approximate surface area is 172 Å². The lowest BCUT2D eigenvalue weighted by Crippen LogP contribution is -2.51. The molecule has 0 radical (unpaired) electrons. The molecule has 0 spiro atoms. The zero-order valence-corrected chi connectivity index (χ0v) is 17.4. The van der Waals surface area contributed by atoms with Gasteiger partial charge in [0.05, 0.1) is 24.3 Å². The zero-order valence-electron chi connectivity index (χ0n) is 17.4. The number of benzene rings is 1. The quantitative estimate of drug-likeness (QED) is 0.770. The van der Waals surface area contributed by atoms with Crippen LogP contribution in [-0.2, 0) is 9.47 Å². The van der Waals surface area contributed by atoms with Crippen molar-refractivity contribution in [1.82, 2.24) is 4.90 Å². The van der Waals surface area contributed by atoms with Crippen molar-refractivity contribution in [2.24, 2.45) is 16.8 Å². The van der Waals surface area contributed by atoms with E-state index in [1.807, 2.05) is 6.07 Å². The molecule has 6 heteroatoms. The number of hydrogen-bond donors (Lipinski definition) is 1. The summed E-state index contributed by atoms with van der Waals surface area (Å²) in [6.45, 7) is 4.32. The summed E-state index contributed by atoms with van der Waals surface area (Å²) in [5, 5.41) is 10.9. The van der Waals surface area contributed by atoms with Crippen molar-refractivity contribution in [3.63, 3.8) is 0 Å². The van der Waals surface area contributed by atoms with Gasteiger partial charge >= 0.3 is 5.97 Å². The van der Waals surface area contributed by atoms with Gasteiger partial charge in [-0.05, 0) is 43.7 Å². The number of rotatable bonds is 5. The Morgan fingerprint density at radius 3 is 2.86 bits per heavy atom. The molecule has 1 saturated carbocycles. The van der Waals surface area contributed by atoms with Gasteiger partial charge in [0.1, 0.15) is 12.6 Å². The minimum atomic E-state index is -0.583. The Kier molecular flexibility index (Phi) is 6.20. The first-order chi connectivity index (χ1) is 14.1. The molecule has 4 unspecified atom stereocenters. The zero-order chi connectivity index (χ0) is 20.4. The molecule has 2 aliphatic heterocycles. The number of aliphatic hydroxyl groups excluding tert-OH is 1. The van der Waals surface area contributed by atoms with Crippen LogP contribution in [-0.4, -0.2) is 66.9 Å². The highest BCUT2D eigenvalue weighted by Crippen LogP contribution is 2.38. The molecular formula is C23H32N2O4. The predicted molar refractivity (Wildman–Crippen MR) is 111 cm³/mol. The third-order valence-corrected chi connectivity index (χ3v) is 6.91. The molecule has 1 aromatic carbocycles. The number of aliphatic hydroxyl groups is 1. The van der Waals surface area contributed by atoms with Gasteiger partial charge in [0.15, 0.2) is 0 Å². The van der Waals surface area contributed by atoms with E-state index < -0.39 is 12.1 Å². The van der Waals surface area contributed by atoms with E-state index in [2.05, 4.69) is 16.8 Å². The van der Waals surface area contributed by atoms with Crippen LogP contribution < -0.4 is 0 Å². The third-order valence-electron chi connectivity index (χ3n) is 6.91. The number of likely N-dealkylation sites (tertiary alicyclic amines) is 1. The minimum absolute atomic E-state index is 0.313. The second kappa shape index (κ2) is 8.84. The third kappa shape index (κ3) is 4.33. The van der Waals surface area contributed by atoms with Gasteiger partial charge in [-0.25, -0.2) is 9.79 Å². The lowest BCUT2D eigenvalue weighted by atomic mass is 9.73. The molecule has 2 fully saturated rings. The molecule has 1 aliphatic carbocycles. The summed E-state index contributed by atoms with van der Waals surface area (Å²) in [4.78, 5) is 19.1. The first-order valence-electron chi connectivity index (χ1n) is 10.9. The highest BCUT2D eigenvalue weighted by atomic mass is 16.5. The minimum Gasteiger partial charge on any atom is -0.475 e. The normalized spacial score (nSPS) is 30.8. The Morgan fingerprint density at radius 2 is 2.07 bits per heavy atom. The van der Waals surface area contributed by atoms with Gasteiger partial charge in [0.25, 0.3) is 0 Å². The Bertz CT molecular complexity index is 765. The Morgan fingerprint density at radius 1 is 1.31 bits per heavy atom. The average Bonchev–Trinajstić information content (AvgIpc) is 3.24. The van der Waals surface area contributed by atoms with E-state index in [0.717, 1.165) is 18.4 Å². The van der Waals surface area contributed by atoms with E-state index in [9.17, 15) is 9.90 Å². The Balaban J connectivity index is 1.42. The fourth-order valence-electron chi connectivity index (χ4n) is 5.21. The summed E-state index contributed by atoms with van der Waals surface area (Å²) in [5.41, 5.74) is 1.04. The molecule has 3 aliphatic rings. The molecular weight excluding hydrogens is 368 g/mol. The van der Waals surface area contributed by atoms with Gasteiger partial charge in [0, 0.05) is 19.1 Å². The highest BCUT2D eigenvalue weighted by molar-refractivity contribution is 6.05. The second-order valence-electron chi connectivity index (χ2n) is 8.76. The maximum atomic E-state index is 12.0. The second-order valence-corrected chi connectivity index (χ2v) is 8.76. The van der Waals surface area contributed by atoms with Crippen molar-refractivity contribution in [2.75, 3.05) is 26.8 Å². The van der Waals surface area contributed by atoms with Crippen LogP contribution in [0.3, 0.4) is 0 Å². The fourth-order valence-corrected chi connectivity index (χ4v) is 5.21. The van der Waals surface area contributed by atoms with Crippen molar-refractivity contribution in [3.8, 4) is 0 Å². The number of fused-ring (bicyclic) bond motifs is 1. The summed E-state index contributed by atoms with van der Waals surface area (Å²) in [6, 6.07) is 7.31. The van der Waals surface area contributed by atoms with E-state index in [4.69, 9.17) is 9.47 Å². The summed E-state index contributed by atoms with van der Waals surface area (Å²) in [7, 11) is 1.36. The molecule has 29 heavy (non-hydrogen) atoms. The monoisotopic (exact) mass is 400 g/mol. The van der Waals surface area contributed by atoms with Crippen LogP contribution in [0.2, 0.25) is 0 Å². The molecule has 1 N–H and O–H groups in total. The van der Waals surface area contributed by atoms with Gasteiger partial charge in [-0.2, -0.15) is 0 Å². The van der Waals surface area contributed by atoms with Crippen LogP contribution in [0, 0.1) is 11.8 Å². The van der Waals surface area contributed by atoms with Gasteiger partial charge in [-0.15, -0.1) is 0 Å². The molecule has 2 heterocycles. The molecule has 0 aromatic heterocycles. The number of methoxy groups -OCH3 is 1. The van der Waals surface area contributed by atoms with Gasteiger partial charge in [0.2, 0.25) is 5.90 Å². The fraction of sp³-hybridized carbons (Fsp3) is 0.652. The van der Waals surface area contributed by atoms with Crippen molar-refractivity contribution >= 4 is 11.9 Å². The van der Waals surface area contributed by atoms with Gasteiger partial charge in [-0.1, -0.05) is 31.4 Å². The van der Waals surface area contributed by atoms with Crippen LogP contribution in [0.5, 0.6) is 0 Å². The van der Waals surface area contributed by atoms with Crippen LogP contribution in [0.15, 0.2) is 29.3 Å². The molecule has 6 nitrogen and oxygen atoms in total. The Hall–Kier alpha value is -1.92. The van der Waals surface area contributed by atoms with Crippen molar-refractivity contribution in [1.29, 1.82) is 0 Å². The van der Waals surface area contributed by atoms with E-state index in [1.54, 1.807) is 18.2 Å². The number of piperidine rings is 1. The molecule has 0 amide bonds. The largest absolute Gasteiger partial charge is 0.475 e. The summed E-state index contributed by atoms with van der Waals surface area (Å²) in [6.07, 6.45) is 6.06.